The van der Waals surface area contributed by atoms with Crippen molar-refractivity contribution < 1.29 is 27.8 Å². The molecule has 2 heterocycles. The Kier molecular flexibility index (Phi) is 8.52. The summed E-state index contributed by atoms with van der Waals surface area (Å²) < 4.78 is 45.1. The standard InChI is InChI=1S/C33H34F3NO4/c1-21(38)26-19-27-28(18-23-9-7-22(8-10-23)6-2-3-15-37-16-4-5-17-37)31(32(40)41-30(27)20-29(26)39)24-11-13-25(14-12-24)33(34,35)36/h7-14,19-21,38-39H,2-6,15-18H2,1H3. The summed E-state index contributed by atoms with van der Waals surface area (Å²) in [6.45, 7) is 5.06. The van der Waals surface area contributed by atoms with Crippen LogP contribution in [0.5, 0.6) is 5.75 Å². The SMILES string of the molecule is CC(O)c1cc2c(Cc3ccc(CCCCN4CCCC4)cc3)c(-c3ccc(C(F)(F)F)cc3)c(=O)oc2cc1O. The van der Waals surface area contributed by atoms with Gasteiger partial charge in [-0.1, -0.05) is 36.4 Å². The number of fused-ring (bicyclic) bond motifs is 1. The lowest BCUT2D eigenvalue weighted by atomic mass is 9.91. The Morgan fingerprint density at radius 1 is 0.951 bits per heavy atom. The molecule has 5 nitrogen and oxygen atoms in total. The number of hydrogen-bond acceptors (Lipinski definition) is 5. The molecule has 5 rings (SSSR count). The average Bonchev–Trinajstić information content (AvgIpc) is 3.45. The highest BCUT2D eigenvalue weighted by Crippen LogP contribution is 2.36. The molecule has 1 atom stereocenters. The lowest BCUT2D eigenvalue weighted by Crippen LogP contribution is -2.20. The van der Waals surface area contributed by atoms with Gasteiger partial charge < -0.3 is 19.5 Å². The topological polar surface area (TPSA) is 73.9 Å². The number of aromatic hydroxyl groups is 1. The number of nitrogens with zero attached hydrogens (tertiary/aromatic N) is 1. The minimum atomic E-state index is -4.50. The number of phenols is 1. The summed E-state index contributed by atoms with van der Waals surface area (Å²) in [5, 5.41) is 21.1. The number of rotatable bonds is 9. The second kappa shape index (κ2) is 12.1. The third-order valence-corrected chi connectivity index (χ3v) is 7.91. The molecule has 4 aromatic rings. The van der Waals surface area contributed by atoms with Crippen molar-refractivity contribution in [3.63, 3.8) is 0 Å². The molecule has 8 heteroatoms. The molecule has 1 saturated heterocycles. The minimum Gasteiger partial charge on any atom is -0.507 e. The molecule has 1 aromatic heterocycles. The van der Waals surface area contributed by atoms with Gasteiger partial charge in [0.15, 0.2) is 0 Å². The summed E-state index contributed by atoms with van der Waals surface area (Å²) in [7, 11) is 0. The van der Waals surface area contributed by atoms with Crippen LogP contribution >= 0.6 is 0 Å². The first-order chi connectivity index (χ1) is 19.6. The molecule has 3 aromatic carbocycles. The summed E-state index contributed by atoms with van der Waals surface area (Å²) in [6.07, 6.45) is 0.627. The van der Waals surface area contributed by atoms with Gasteiger partial charge in [0.05, 0.1) is 17.2 Å². The Bertz CT molecular complexity index is 1550. The van der Waals surface area contributed by atoms with Gasteiger partial charge in [-0.05, 0) is 106 Å². The van der Waals surface area contributed by atoms with Gasteiger partial charge in [-0.25, -0.2) is 4.79 Å². The molecule has 0 aliphatic carbocycles. The van der Waals surface area contributed by atoms with Crippen molar-refractivity contribution in [1.82, 2.24) is 4.90 Å². The molecule has 41 heavy (non-hydrogen) atoms. The molecule has 2 N–H and O–H groups in total. The largest absolute Gasteiger partial charge is 0.507 e. The summed E-state index contributed by atoms with van der Waals surface area (Å²) in [5.74, 6) is -0.210. The highest BCUT2D eigenvalue weighted by Gasteiger charge is 2.30. The minimum absolute atomic E-state index is 0.136. The number of aliphatic hydroxyl groups excluding tert-OH is 1. The first-order valence-electron chi connectivity index (χ1n) is 14.1. The van der Waals surface area contributed by atoms with E-state index in [0.29, 0.717) is 22.9 Å². The quantitative estimate of drug-likeness (QED) is 0.165. The lowest BCUT2D eigenvalue weighted by molar-refractivity contribution is -0.137. The number of unbranched alkanes of at least 4 members (excludes halogenated alkanes) is 1. The molecule has 0 bridgehead atoms. The van der Waals surface area contributed by atoms with E-state index in [4.69, 9.17) is 4.42 Å². The highest BCUT2D eigenvalue weighted by atomic mass is 19.4. The van der Waals surface area contributed by atoms with E-state index in [1.807, 2.05) is 12.1 Å². The lowest BCUT2D eigenvalue weighted by Gasteiger charge is -2.16. The van der Waals surface area contributed by atoms with Crippen molar-refractivity contribution in [2.45, 2.75) is 57.7 Å². The van der Waals surface area contributed by atoms with E-state index in [9.17, 15) is 28.2 Å². The van der Waals surface area contributed by atoms with E-state index < -0.39 is 23.5 Å². The van der Waals surface area contributed by atoms with Gasteiger partial charge in [-0.3, -0.25) is 0 Å². The molecule has 1 unspecified atom stereocenters. The Morgan fingerprint density at radius 3 is 2.24 bits per heavy atom. The highest BCUT2D eigenvalue weighted by molar-refractivity contribution is 5.89. The zero-order valence-corrected chi connectivity index (χ0v) is 23.0. The number of benzene rings is 3. The maximum atomic E-state index is 13.2. The molecule has 0 saturated carbocycles. The van der Waals surface area contributed by atoms with Crippen LogP contribution in [0.2, 0.25) is 0 Å². The van der Waals surface area contributed by atoms with Crippen LogP contribution in [0.4, 0.5) is 13.2 Å². The molecular formula is C33H34F3NO4. The number of aryl methyl sites for hydroxylation is 1. The van der Waals surface area contributed by atoms with E-state index in [0.717, 1.165) is 43.5 Å². The van der Waals surface area contributed by atoms with Crippen molar-refractivity contribution in [3.8, 4) is 16.9 Å². The van der Waals surface area contributed by atoms with Gasteiger partial charge in [0.2, 0.25) is 0 Å². The van der Waals surface area contributed by atoms with Gasteiger partial charge in [-0.15, -0.1) is 0 Å². The van der Waals surface area contributed by atoms with E-state index in [1.54, 1.807) is 6.07 Å². The van der Waals surface area contributed by atoms with Crippen LogP contribution in [-0.2, 0) is 19.0 Å². The Balaban J connectivity index is 1.47. The fraction of sp³-hybridized carbons (Fsp3) is 0.364. The summed E-state index contributed by atoms with van der Waals surface area (Å²) >= 11 is 0. The van der Waals surface area contributed by atoms with E-state index in [-0.39, 0.29) is 22.5 Å². The molecule has 0 spiro atoms. The van der Waals surface area contributed by atoms with Crippen LogP contribution in [0.1, 0.15) is 66.5 Å². The third-order valence-electron chi connectivity index (χ3n) is 7.91. The summed E-state index contributed by atoms with van der Waals surface area (Å²) in [5.41, 5.74) is 2.00. The first kappa shape index (κ1) is 28.9. The molecule has 216 valence electrons. The van der Waals surface area contributed by atoms with E-state index >= 15 is 0 Å². The predicted molar refractivity (Wildman–Crippen MR) is 153 cm³/mol. The monoisotopic (exact) mass is 565 g/mol. The Hall–Kier alpha value is -3.62. The van der Waals surface area contributed by atoms with Crippen LogP contribution in [0.25, 0.3) is 22.1 Å². The number of aliphatic hydroxyl groups is 1. The Morgan fingerprint density at radius 2 is 1.61 bits per heavy atom. The molecule has 1 fully saturated rings. The van der Waals surface area contributed by atoms with Crippen LogP contribution in [0.3, 0.4) is 0 Å². The number of hydrogen-bond donors (Lipinski definition) is 2. The summed E-state index contributed by atoms with van der Waals surface area (Å²) in [4.78, 5) is 15.7. The summed E-state index contributed by atoms with van der Waals surface area (Å²) in [6, 6.07) is 15.5. The van der Waals surface area contributed by atoms with Gasteiger partial charge in [0.1, 0.15) is 11.3 Å². The molecular weight excluding hydrogens is 531 g/mol. The second-order valence-corrected chi connectivity index (χ2v) is 10.9. The van der Waals surface area contributed by atoms with Crippen LogP contribution in [-0.4, -0.2) is 34.7 Å². The van der Waals surface area contributed by atoms with Gasteiger partial charge in [0, 0.05) is 17.0 Å². The second-order valence-electron chi connectivity index (χ2n) is 10.9. The maximum Gasteiger partial charge on any atom is 0.416 e. The van der Waals surface area contributed by atoms with Gasteiger partial charge in [-0.2, -0.15) is 13.2 Å². The van der Waals surface area contributed by atoms with Crippen molar-refractivity contribution in [2.24, 2.45) is 0 Å². The van der Waals surface area contributed by atoms with E-state index in [2.05, 4.69) is 17.0 Å². The Labute approximate surface area is 236 Å². The molecule has 1 aliphatic rings. The fourth-order valence-corrected chi connectivity index (χ4v) is 5.65. The predicted octanol–water partition coefficient (Wildman–Crippen LogP) is 7.25. The fourth-order valence-electron chi connectivity index (χ4n) is 5.65. The number of alkyl halides is 3. The number of phenolic OH excluding ortho intramolecular Hbond substituents is 1. The van der Waals surface area contributed by atoms with Crippen LogP contribution in [0, 0.1) is 0 Å². The van der Waals surface area contributed by atoms with Crippen molar-refractivity contribution in [3.05, 3.63) is 98.9 Å². The van der Waals surface area contributed by atoms with Crippen molar-refractivity contribution in [2.75, 3.05) is 19.6 Å². The molecule has 1 aliphatic heterocycles. The maximum absolute atomic E-state index is 13.2. The first-order valence-corrected chi connectivity index (χ1v) is 14.1. The van der Waals surface area contributed by atoms with Crippen molar-refractivity contribution >= 4 is 11.0 Å². The number of halogens is 3. The average molecular weight is 566 g/mol. The number of likely N-dealkylation sites (tertiary alicyclic amines) is 1. The van der Waals surface area contributed by atoms with Gasteiger partial charge in [0.25, 0.3) is 0 Å². The molecule has 0 radical (unpaired) electrons. The smallest absolute Gasteiger partial charge is 0.416 e. The van der Waals surface area contributed by atoms with Crippen LogP contribution in [0.15, 0.2) is 69.9 Å². The zero-order chi connectivity index (χ0) is 29.1. The third kappa shape index (κ3) is 6.66. The molecule has 0 amide bonds. The van der Waals surface area contributed by atoms with E-state index in [1.165, 1.54) is 56.6 Å². The van der Waals surface area contributed by atoms with Crippen molar-refractivity contribution in [1.29, 1.82) is 0 Å². The zero-order valence-electron chi connectivity index (χ0n) is 23.0. The normalized spacial score (nSPS) is 15.0. The van der Waals surface area contributed by atoms with Crippen LogP contribution < -0.4 is 5.63 Å². The van der Waals surface area contributed by atoms with Gasteiger partial charge >= 0.3 is 11.8 Å².